The molecule has 1 aromatic heterocycles. The molecule has 12 nitrogen and oxygen atoms in total. The minimum Gasteiger partial charge on any atom is -0.378 e. The van der Waals surface area contributed by atoms with Gasteiger partial charge in [-0.25, -0.2) is 0 Å². The SMILES string of the molecule is Cl.NCC1CCC(C(=O)N[C@@H](Cc2ccc(-c3cccc(C(=O)N4CCOCC4)c3)cc2)C(=O)Nc2ccc(-c3nn[nH]n3)cc2)CC1. The molecule has 1 atom stereocenters. The number of halogens is 1. The molecule has 2 fully saturated rings. The number of nitrogens with one attached hydrogen (secondary N) is 3. The van der Waals surface area contributed by atoms with E-state index in [1.165, 1.54) is 0 Å². The summed E-state index contributed by atoms with van der Waals surface area (Å²) in [4.78, 5) is 41.9. The van der Waals surface area contributed by atoms with E-state index in [1.54, 1.807) is 24.3 Å². The molecule has 6 rings (SSSR count). The molecule has 1 aliphatic carbocycles. The van der Waals surface area contributed by atoms with Crippen molar-refractivity contribution in [2.75, 3.05) is 38.2 Å². The van der Waals surface area contributed by atoms with E-state index >= 15 is 0 Å². The van der Waals surface area contributed by atoms with Gasteiger partial charge in [-0.1, -0.05) is 36.4 Å². The maximum atomic E-state index is 13.6. The number of ether oxygens (including phenoxy) is 1. The Morgan fingerprint density at radius 2 is 1.62 bits per heavy atom. The number of tetrazole rings is 1. The Labute approximate surface area is 285 Å². The predicted octanol–water partition coefficient (Wildman–Crippen LogP) is 3.86. The number of nitrogens with zero attached hydrogens (tertiary/aromatic N) is 4. The number of hydrogen-bond donors (Lipinski definition) is 4. The summed E-state index contributed by atoms with van der Waals surface area (Å²) in [6.07, 6.45) is 3.67. The summed E-state index contributed by atoms with van der Waals surface area (Å²) < 4.78 is 5.39. The van der Waals surface area contributed by atoms with Gasteiger partial charge < -0.3 is 26.0 Å². The van der Waals surface area contributed by atoms with Gasteiger partial charge >= 0.3 is 0 Å². The number of nitrogens with two attached hydrogens (primary N) is 1. The molecule has 13 heteroatoms. The fourth-order valence-electron chi connectivity index (χ4n) is 6.23. The summed E-state index contributed by atoms with van der Waals surface area (Å²) >= 11 is 0. The number of carbonyl (C=O) groups excluding carboxylic acids is 3. The first-order valence-electron chi connectivity index (χ1n) is 16.2. The first-order valence-corrected chi connectivity index (χ1v) is 16.2. The van der Waals surface area contributed by atoms with Gasteiger partial charge in [-0.05, 0) is 96.4 Å². The van der Waals surface area contributed by atoms with E-state index < -0.39 is 6.04 Å². The van der Waals surface area contributed by atoms with Crippen LogP contribution in [0, 0.1) is 11.8 Å². The third kappa shape index (κ3) is 8.62. The lowest BCUT2D eigenvalue weighted by atomic mass is 9.81. The van der Waals surface area contributed by atoms with Crippen molar-refractivity contribution in [3.8, 4) is 22.5 Å². The molecule has 48 heavy (non-hydrogen) atoms. The number of aromatic amines is 1. The van der Waals surface area contributed by atoms with Crippen LogP contribution in [0.25, 0.3) is 22.5 Å². The average Bonchev–Trinajstić information content (AvgIpc) is 3.67. The molecule has 252 valence electrons. The van der Waals surface area contributed by atoms with Gasteiger partial charge in [0, 0.05) is 42.2 Å². The zero-order valence-corrected chi connectivity index (χ0v) is 27.5. The summed E-state index contributed by atoms with van der Waals surface area (Å²) in [5, 5.41) is 20.0. The van der Waals surface area contributed by atoms with Crippen molar-refractivity contribution in [2.24, 2.45) is 17.6 Å². The lowest BCUT2D eigenvalue weighted by Gasteiger charge is -2.28. The molecule has 0 radical (unpaired) electrons. The molecule has 1 saturated carbocycles. The molecule has 4 aromatic rings. The van der Waals surface area contributed by atoms with Crippen molar-refractivity contribution in [1.29, 1.82) is 0 Å². The van der Waals surface area contributed by atoms with E-state index in [0.717, 1.165) is 47.9 Å². The molecule has 2 heterocycles. The third-order valence-electron chi connectivity index (χ3n) is 9.07. The summed E-state index contributed by atoms with van der Waals surface area (Å²) in [5.41, 5.74) is 10.6. The second kappa shape index (κ2) is 16.4. The molecule has 3 amide bonds. The number of aromatic nitrogens is 4. The van der Waals surface area contributed by atoms with Crippen LogP contribution < -0.4 is 16.4 Å². The molecule has 2 aliphatic rings. The summed E-state index contributed by atoms with van der Waals surface area (Å²) in [6.45, 7) is 2.91. The second-order valence-electron chi connectivity index (χ2n) is 12.2. The second-order valence-corrected chi connectivity index (χ2v) is 12.2. The smallest absolute Gasteiger partial charge is 0.254 e. The van der Waals surface area contributed by atoms with E-state index in [0.29, 0.717) is 62.3 Å². The van der Waals surface area contributed by atoms with E-state index in [1.807, 2.05) is 53.4 Å². The lowest BCUT2D eigenvalue weighted by molar-refractivity contribution is -0.130. The van der Waals surface area contributed by atoms with Crippen LogP contribution in [-0.4, -0.2) is 82.1 Å². The largest absolute Gasteiger partial charge is 0.378 e. The third-order valence-corrected chi connectivity index (χ3v) is 9.07. The standard InChI is InChI=1S/C35H40N8O4.ClH/c36-22-24-6-10-27(11-7-24)33(44)38-31(34(45)37-30-14-12-26(13-15-30)32-39-41-42-40-32)20-23-4-8-25(9-5-23)28-2-1-3-29(21-28)35(46)43-16-18-47-19-17-43;/h1-5,8-9,12-15,21,24,27,31H,6-7,10-11,16-20,22,36H2,(H,37,45)(H,38,44)(H,39,40,41,42);1H/t24?,27?,31-;/m0./s1. The maximum absolute atomic E-state index is 13.6. The van der Waals surface area contributed by atoms with Crippen LogP contribution in [0.15, 0.2) is 72.8 Å². The molecule has 1 aliphatic heterocycles. The zero-order valence-electron chi connectivity index (χ0n) is 26.6. The highest BCUT2D eigenvalue weighted by molar-refractivity contribution is 5.98. The van der Waals surface area contributed by atoms with Crippen molar-refractivity contribution >= 4 is 35.8 Å². The van der Waals surface area contributed by atoms with Gasteiger partial charge in [-0.2, -0.15) is 5.21 Å². The van der Waals surface area contributed by atoms with E-state index in [-0.39, 0.29) is 36.0 Å². The molecule has 1 saturated heterocycles. The number of hydrogen-bond acceptors (Lipinski definition) is 8. The number of amides is 3. The summed E-state index contributed by atoms with van der Waals surface area (Å²) in [7, 11) is 0. The highest BCUT2D eigenvalue weighted by atomic mass is 35.5. The Bertz CT molecular complexity index is 1650. The minimum atomic E-state index is -0.785. The lowest BCUT2D eigenvalue weighted by Crippen LogP contribution is -2.48. The van der Waals surface area contributed by atoms with Crippen LogP contribution in [-0.2, 0) is 20.7 Å². The topological polar surface area (TPSA) is 168 Å². The first kappa shape index (κ1) is 34.7. The van der Waals surface area contributed by atoms with E-state index in [9.17, 15) is 14.4 Å². The Morgan fingerprint density at radius 3 is 2.29 bits per heavy atom. The van der Waals surface area contributed by atoms with E-state index in [2.05, 4.69) is 31.3 Å². The van der Waals surface area contributed by atoms with Gasteiger partial charge in [-0.3, -0.25) is 14.4 Å². The summed E-state index contributed by atoms with van der Waals surface area (Å²) in [6, 6.07) is 21.8. The quantitative estimate of drug-likeness (QED) is 0.197. The van der Waals surface area contributed by atoms with Gasteiger partial charge in [-0.15, -0.1) is 22.6 Å². The van der Waals surface area contributed by atoms with Gasteiger partial charge in [0.05, 0.1) is 13.2 Å². The average molecular weight is 673 g/mol. The van der Waals surface area contributed by atoms with Gasteiger partial charge in [0.1, 0.15) is 6.04 Å². The van der Waals surface area contributed by atoms with Crippen LogP contribution in [0.3, 0.4) is 0 Å². The first-order chi connectivity index (χ1) is 23.0. The van der Waals surface area contributed by atoms with Gasteiger partial charge in [0.15, 0.2) is 0 Å². The number of anilines is 1. The number of morpholine rings is 1. The fourth-order valence-corrected chi connectivity index (χ4v) is 6.23. The predicted molar refractivity (Wildman–Crippen MR) is 184 cm³/mol. The Morgan fingerprint density at radius 1 is 0.917 bits per heavy atom. The number of carbonyl (C=O) groups is 3. The van der Waals surface area contributed by atoms with Crippen molar-refractivity contribution in [1.82, 2.24) is 30.8 Å². The normalized spacial score (nSPS) is 18.3. The van der Waals surface area contributed by atoms with Crippen LogP contribution >= 0.6 is 12.4 Å². The van der Waals surface area contributed by atoms with Crippen molar-refractivity contribution in [2.45, 2.75) is 38.1 Å². The van der Waals surface area contributed by atoms with Crippen LogP contribution in [0.5, 0.6) is 0 Å². The van der Waals surface area contributed by atoms with Gasteiger partial charge in [0.2, 0.25) is 17.6 Å². The molecular formula is C35H41ClN8O4. The van der Waals surface area contributed by atoms with Crippen molar-refractivity contribution in [3.05, 3.63) is 83.9 Å². The Balaban J connectivity index is 0.00000451. The summed E-state index contributed by atoms with van der Waals surface area (Å²) in [5.74, 6) is 0.349. The molecular weight excluding hydrogens is 632 g/mol. The highest BCUT2D eigenvalue weighted by Gasteiger charge is 2.29. The number of H-pyrrole nitrogens is 1. The number of rotatable bonds is 10. The van der Waals surface area contributed by atoms with Crippen LogP contribution in [0.2, 0.25) is 0 Å². The van der Waals surface area contributed by atoms with Gasteiger partial charge in [0.25, 0.3) is 5.91 Å². The highest BCUT2D eigenvalue weighted by Crippen LogP contribution is 2.29. The van der Waals surface area contributed by atoms with E-state index in [4.69, 9.17) is 10.5 Å². The number of benzene rings is 3. The zero-order chi connectivity index (χ0) is 32.6. The fraction of sp³-hybridized carbons (Fsp3) is 0.371. The monoisotopic (exact) mass is 672 g/mol. The molecule has 0 spiro atoms. The van der Waals surface area contributed by atoms with Crippen molar-refractivity contribution in [3.63, 3.8) is 0 Å². The molecule has 5 N–H and O–H groups in total. The minimum absolute atomic E-state index is 0. The molecule has 0 bridgehead atoms. The van der Waals surface area contributed by atoms with Crippen molar-refractivity contribution < 1.29 is 19.1 Å². The molecule has 0 unspecified atom stereocenters. The molecule has 3 aromatic carbocycles. The maximum Gasteiger partial charge on any atom is 0.254 e. The Hall–Kier alpha value is -4.65. The van der Waals surface area contributed by atoms with Crippen LogP contribution in [0.4, 0.5) is 5.69 Å². The Kier molecular flexibility index (Phi) is 11.9. The van der Waals surface area contributed by atoms with Crippen LogP contribution in [0.1, 0.15) is 41.6 Å².